The van der Waals surface area contributed by atoms with Crippen molar-refractivity contribution in [2.45, 2.75) is 62.8 Å². The molecule has 2 aromatic rings. The number of thiazole rings is 1. The molecule has 1 aliphatic heterocycles. The van der Waals surface area contributed by atoms with Gasteiger partial charge in [0, 0.05) is 23.2 Å². The number of hydrogen-bond acceptors (Lipinski definition) is 5. The van der Waals surface area contributed by atoms with Crippen molar-refractivity contribution in [2.24, 2.45) is 0 Å². The summed E-state index contributed by atoms with van der Waals surface area (Å²) < 4.78 is 122. The fraction of sp³-hybridized carbons (Fsp3) is 0.500. The van der Waals surface area contributed by atoms with Gasteiger partial charge in [-0.1, -0.05) is 19.1 Å². The van der Waals surface area contributed by atoms with Gasteiger partial charge in [-0.3, -0.25) is 4.79 Å². The average Bonchev–Trinajstić information content (AvgIpc) is 3.40. The SMILES string of the molecule is CC[C@@]1(C)CCCN1C(=O)c1nc(C(=O)O)sc1-c1ccc(C(O)(C(F)(F)F)C(F)(F)F)cc1C(F)(F)F. The molecule has 16 heteroatoms. The van der Waals surface area contributed by atoms with Crippen LogP contribution in [0.25, 0.3) is 10.4 Å². The van der Waals surface area contributed by atoms with E-state index in [9.17, 15) is 59.3 Å². The quantitative estimate of drug-likeness (QED) is 0.410. The van der Waals surface area contributed by atoms with Crippen molar-refractivity contribution in [1.29, 1.82) is 0 Å². The van der Waals surface area contributed by atoms with Crippen molar-refractivity contribution < 1.29 is 59.3 Å². The Labute approximate surface area is 212 Å². The van der Waals surface area contributed by atoms with E-state index < -0.39 is 79.9 Å². The first-order valence-corrected chi connectivity index (χ1v) is 11.6. The summed E-state index contributed by atoms with van der Waals surface area (Å²) >= 11 is 0.105. The number of rotatable bonds is 5. The molecule has 210 valence electrons. The maximum atomic E-state index is 14.0. The highest BCUT2D eigenvalue weighted by Gasteiger charge is 2.71. The molecule has 0 bridgehead atoms. The van der Waals surface area contributed by atoms with E-state index in [0.29, 0.717) is 19.3 Å². The number of nitrogens with zero attached hydrogens (tertiary/aromatic N) is 2. The molecule has 1 amide bonds. The predicted octanol–water partition coefficient (Wildman–Crippen LogP) is 6.24. The van der Waals surface area contributed by atoms with Gasteiger partial charge in [0.05, 0.1) is 10.4 Å². The van der Waals surface area contributed by atoms with Gasteiger partial charge in [0.15, 0.2) is 0 Å². The number of carbonyl (C=O) groups excluding carboxylic acids is 1. The fourth-order valence-corrected chi connectivity index (χ4v) is 5.23. The Morgan fingerprint density at radius 1 is 1.08 bits per heavy atom. The maximum absolute atomic E-state index is 14.0. The van der Waals surface area contributed by atoms with Crippen LogP contribution in [0.1, 0.15) is 64.5 Å². The van der Waals surface area contributed by atoms with Crippen molar-refractivity contribution in [3.63, 3.8) is 0 Å². The zero-order valence-electron chi connectivity index (χ0n) is 19.5. The molecule has 1 aromatic carbocycles. The van der Waals surface area contributed by atoms with E-state index in [0.717, 1.165) is 0 Å². The van der Waals surface area contributed by atoms with Gasteiger partial charge in [0.25, 0.3) is 11.5 Å². The number of hydrogen-bond donors (Lipinski definition) is 2. The second-order valence-electron chi connectivity index (χ2n) is 8.88. The molecular weight excluding hydrogens is 559 g/mol. The summed E-state index contributed by atoms with van der Waals surface area (Å²) in [7, 11) is 0. The van der Waals surface area contributed by atoms with Gasteiger partial charge in [-0.15, -0.1) is 11.3 Å². The average molecular weight is 578 g/mol. The smallest absolute Gasteiger partial charge is 0.430 e. The van der Waals surface area contributed by atoms with Crippen LogP contribution >= 0.6 is 11.3 Å². The highest BCUT2D eigenvalue weighted by molar-refractivity contribution is 7.17. The van der Waals surface area contributed by atoms with Crippen LogP contribution in [0.15, 0.2) is 18.2 Å². The normalized spacial score (nSPS) is 19.2. The van der Waals surface area contributed by atoms with E-state index >= 15 is 0 Å². The van der Waals surface area contributed by atoms with Crippen LogP contribution in [0, 0.1) is 0 Å². The van der Waals surface area contributed by atoms with Crippen LogP contribution in [-0.4, -0.2) is 56.4 Å². The molecule has 1 saturated heterocycles. The molecule has 38 heavy (non-hydrogen) atoms. The van der Waals surface area contributed by atoms with Gasteiger partial charge in [0.1, 0.15) is 5.69 Å². The molecule has 1 atom stereocenters. The number of likely N-dealkylation sites (tertiary alicyclic amines) is 1. The second-order valence-corrected chi connectivity index (χ2v) is 9.88. The van der Waals surface area contributed by atoms with E-state index in [2.05, 4.69) is 4.98 Å². The molecule has 0 unspecified atom stereocenters. The summed E-state index contributed by atoms with van der Waals surface area (Å²) in [6.45, 7) is 3.62. The van der Waals surface area contributed by atoms with Crippen LogP contribution in [0.3, 0.4) is 0 Å². The van der Waals surface area contributed by atoms with Crippen LogP contribution in [-0.2, 0) is 11.8 Å². The lowest BCUT2D eigenvalue weighted by Gasteiger charge is -2.34. The summed E-state index contributed by atoms with van der Waals surface area (Å²) in [6, 6.07) is -0.303. The van der Waals surface area contributed by atoms with Crippen molar-refractivity contribution >= 4 is 23.2 Å². The molecule has 2 N–H and O–H groups in total. The number of benzene rings is 1. The number of aromatic carboxylic acids is 1. The molecule has 1 aliphatic rings. The number of aliphatic hydroxyl groups is 1. The Balaban J connectivity index is 2.31. The molecule has 3 rings (SSSR count). The van der Waals surface area contributed by atoms with Crippen LogP contribution in [0.4, 0.5) is 39.5 Å². The number of carboxylic acid groups (broad SMARTS) is 1. The zero-order chi connectivity index (χ0) is 29.1. The topological polar surface area (TPSA) is 90.7 Å². The lowest BCUT2D eigenvalue weighted by Crippen LogP contribution is -2.54. The van der Waals surface area contributed by atoms with Crippen LogP contribution in [0.5, 0.6) is 0 Å². The third kappa shape index (κ3) is 4.83. The lowest BCUT2D eigenvalue weighted by atomic mass is 9.88. The van der Waals surface area contributed by atoms with Crippen molar-refractivity contribution in [2.75, 3.05) is 6.54 Å². The van der Waals surface area contributed by atoms with E-state index in [1.54, 1.807) is 13.8 Å². The molecule has 1 fully saturated rings. The number of amides is 1. The first-order chi connectivity index (χ1) is 17.2. The lowest BCUT2D eigenvalue weighted by molar-refractivity contribution is -0.376. The highest BCUT2D eigenvalue weighted by Crippen LogP contribution is 2.52. The summed E-state index contributed by atoms with van der Waals surface area (Å²) in [5.41, 5.74) is -12.4. The van der Waals surface area contributed by atoms with E-state index in [-0.39, 0.29) is 30.0 Å². The number of carboxylic acids is 1. The number of halogens is 9. The van der Waals surface area contributed by atoms with Crippen molar-refractivity contribution in [3.8, 4) is 10.4 Å². The third-order valence-corrected chi connectivity index (χ3v) is 7.65. The molecular formula is C22H19F9N2O4S. The van der Waals surface area contributed by atoms with Crippen molar-refractivity contribution in [1.82, 2.24) is 9.88 Å². The van der Waals surface area contributed by atoms with E-state index in [1.807, 2.05) is 0 Å². The summed E-state index contributed by atoms with van der Waals surface area (Å²) in [6.07, 6.45) is -17.0. The Morgan fingerprint density at radius 2 is 1.66 bits per heavy atom. The van der Waals surface area contributed by atoms with Crippen LogP contribution < -0.4 is 0 Å². The molecule has 6 nitrogen and oxygen atoms in total. The largest absolute Gasteiger partial charge is 0.476 e. The van der Waals surface area contributed by atoms with E-state index in [1.165, 1.54) is 4.90 Å². The van der Waals surface area contributed by atoms with Crippen molar-refractivity contribution in [3.05, 3.63) is 40.0 Å². The van der Waals surface area contributed by atoms with Gasteiger partial charge in [-0.2, -0.15) is 39.5 Å². The molecule has 0 radical (unpaired) electrons. The van der Waals surface area contributed by atoms with Gasteiger partial charge in [-0.25, -0.2) is 9.78 Å². The van der Waals surface area contributed by atoms with Gasteiger partial charge in [-0.05, 0) is 32.3 Å². The minimum Gasteiger partial charge on any atom is -0.476 e. The minimum atomic E-state index is -6.45. The second kappa shape index (κ2) is 9.39. The molecule has 0 saturated carbocycles. The number of carbonyl (C=O) groups is 2. The van der Waals surface area contributed by atoms with Gasteiger partial charge in [0.2, 0.25) is 5.01 Å². The predicted molar refractivity (Wildman–Crippen MR) is 114 cm³/mol. The Kier molecular flexibility index (Phi) is 7.34. The van der Waals surface area contributed by atoms with Gasteiger partial charge >= 0.3 is 24.5 Å². The molecule has 2 heterocycles. The summed E-state index contributed by atoms with van der Waals surface area (Å²) in [5, 5.41) is 18.1. The van der Waals surface area contributed by atoms with E-state index in [4.69, 9.17) is 0 Å². The summed E-state index contributed by atoms with van der Waals surface area (Å²) in [5.74, 6) is -2.66. The number of alkyl halides is 9. The Morgan fingerprint density at radius 3 is 2.13 bits per heavy atom. The monoisotopic (exact) mass is 578 g/mol. The molecule has 0 spiro atoms. The van der Waals surface area contributed by atoms with Crippen LogP contribution in [0.2, 0.25) is 0 Å². The number of aromatic nitrogens is 1. The van der Waals surface area contributed by atoms with Gasteiger partial charge < -0.3 is 15.1 Å². The first kappa shape index (κ1) is 29.7. The third-order valence-electron chi connectivity index (χ3n) is 6.58. The highest BCUT2D eigenvalue weighted by atomic mass is 32.1. The maximum Gasteiger partial charge on any atom is 0.430 e. The molecule has 1 aromatic heterocycles. The standard InChI is InChI=1S/C22H19F9N2O4S/c1-3-18(2)7-4-8-33(18)16(34)13-14(38-15(32-13)17(35)36)11-6-5-10(9-12(11)20(23,24)25)19(37,21(26,27)28)22(29,30)31/h5-6,9,37H,3-4,7-8H2,1-2H3,(H,35,36)/t18-/m0/s1. The summed E-state index contributed by atoms with van der Waals surface area (Å²) in [4.78, 5) is 29.1. The Hall–Kier alpha value is -2.88. The zero-order valence-corrected chi connectivity index (χ0v) is 20.3. The fourth-order valence-electron chi connectivity index (χ4n) is 4.29. The Bertz CT molecular complexity index is 1240. The first-order valence-electron chi connectivity index (χ1n) is 10.8. The minimum absolute atomic E-state index is 0.00795. The molecule has 0 aliphatic carbocycles.